The smallest absolute Gasteiger partial charge is 0.307 e. The highest BCUT2D eigenvalue weighted by Gasteiger charge is 2.39. The van der Waals surface area contributed by atoms with Crippen LogP contribution in [0, 0.1) is 11.8 Å². The maximum atomic E-state index is 12.5. The summed E-state index contributed by atoms with van der Waals surface area (Å²) in [7, 11) is 0. The largest absolute Gasteiger partial charge is 0.481 e. The minimum Gasteiger partial charge on any atom is -0.481 e. The van der Waals surface area contributed by atoms with Gasteiger partial charge in [-0.3, -0.25) is 14.4 Å². The topological polar surface area (TPSA) is 86.7 Å². The zero-order valence-corrected chi connectivity index (χ0v) is 10.8. The third kappa shape index (κ3) is 2.62. The second-order valence-corrected chi connectivity index (χ2v) is 4.99. The summed E-state index contributed by atoms with van der Waals surface area (Å²) in [5.74, 6) is -2.60. The molecule has 6 heteroatoms. The first-order valence-electron chi connectivity index (χ1n) is 6.48. The molecule has 0 spiro atoms. The first-order chi connectivity index (χ1) is 9.02. The van der Waals surface area contributed by atoms with E-state index in [4.69, 9.17) is 0 Å². The van der Waals surface area contributed by atoms with Gasteiger partial charge >= 0.3 is 5.97 Å². The maximum Gasteiger partial charge on any atom is 0.307 e. The van der Waals surface area contributed by atoms with Gasteiger partial charge in [0.15, 0.2) is 0 Å². The van der Waals surface area contributed by atoms with Gasteiger partial charge in [0.2, 0.25) is 11.8 Å². The molecule has 2 N–H and O–H groups in total. The fourth-order valence-electron chi connectivity index (χ4n) is 2.66. The van der Waals surface area contributed by atoms with E-state index >= 15 is 0 Å². The van der Waals surface area contributed by atoms with Crippen molar-refractivity contribution in [3.05, 3.63) is 12.2 Å². The quantitative estimate of drug-likeness (QED) is 0.689. The van der Waals surface area contributed by atoms with Crippen molar-refractivity contribution in [1.29, 1.82) is 0 Å². The molecule has 2 aliphatic rings. The van der Waals surface area contributed by atoms with Crippen LogP contribution in [0.2, 0.25) is 0 Å². The average molecular weight is 266 g/mol. The number of allylic oxidation sites excluding steroid dienone is 2. The van der Waals surface area contributed by atoms with Gasteiger partial charge in [0.25, 0.3) is 0 Å². The van der Waals surface area contributed by atoms with Gasteiger partial charge in [-0.15, -0.1) is 0 Å². The SMILES string of the molecule is CC1C(=O)NCCN1C(=O)[C@@H]1CC=CC[C@@H]1C(=O)O. The lowest BCUT2D eigenvalue weighted by molar-refractivity contribution is -0.153. The van der Waals surface area contributed by atoms with Crippen molar-refractivity contribution in [3.63, 3.8) is 0 Å². The van der Waals surface area contributed by atoms with Crippen LogP contribution in [0.3, 0.4) is 0 Å². The van der Waals surface area contributed by atoms with Crippen LogP contribution in [-0.4, -0.2) is 46.9 Å². The highest BCUT2D eigenvalue weighted by Crippen LogP contribution is 2.28. The van der Waals surface area contributed by atoms with Crippen LogP contribution >= 0.6 is 0 Å². The molecule has 1 aliphatic carbocycles. The number of carboxylic acid groups (broad SMARTS) is 1. The number of carboxylic acids is 1. The summed E-state index contributed by atoms with van der Waals surface area (Å²) in [4.78, 5) is 36.8. The van der Waals surface area contributed by atoms with Gasteiger partial charge in [0.1, 0.15) is 6.04 Å². The molecule has 1 heterocycles. The molecule has 3 atom stereocenters. The summed E-state index contributed by atoms with van der Waals surface area (Å²) in [6.07, 6.45) is 4.45. The van der Waals surface area contributed by atoms with Crippen molar-refractivity contribution >= 4 is 17.8 Å². The van der Waals surface area contributed by atoms with Crippen LogP contribution in [0.15, 0.2) is 12.2 Å². The molecule has 0 saturated carbocycles. The Morgan fingerprint density at radius 2 is 1.95 bits per heavy atom. The molecule has 0 aromatic carbocycles. The number of rotatable bonds is 2. The molecule has 1 unspecified atom stereocenters. The van der Waals surface area contributed by atoms with E-state index in [0.717, 1.165) is 0 Å². The summed E-state index contributed by atoms with van der Waals surface area (Å²) >= 11 is 0. The molecule has 0 aromatic heterocycles. The molecule has 1 fully saturated rings. The second-order valence-electron chi connectivity index (χ2n) is 4.99. The Kier molecular flexibility index (Phi) is 3.87. The Bertz CT molecular complexity index is 432. The summed E-state index contributed by atoms with van der Waals surface area (Å²) < 4.78 is 0. The molecule has 0 radical (unpaired) electrons. The molecule has 19 heavy (non-hydrogen) atoms. The molecule has 2 amide bonds. The second kappa shape index (κ2) is 5.42. The predicted molar refractivity (Wildman–Crippen MR) is 67.2 cm³/mol. The van der Waals surface area contributed by atoms with Gasteiger partial charge in [0, 0.05) is 13.1 Å². The number of amides is 2. The van der Waals surface area contributed by atoms with Gasteiger partial charge in [-0.2, -0.15) is 0 Å². The summed E-state index contributed by atoms with van der Waals surface area (Å²) in [5, 5.41) is 11.9. The van der Waals surface area contributed by atoms with E-state index in [-0.39, 0.29) is 11.8 Å². The van der Waals surface area contributed by atoms with Crippen LogP contribution in [0.1, 0.15) is 19.8 Å². The fraction of sp³-hybridized carbons (Fsp3) is 0.615. The lowest BCUT2D eigenvalue weighted by atomic mass is 9.81. The highest BCUT2D eigenvalue weighted by atomic mass is 16.4. The molecule has 2 rings (SSSR count). The third-order valence-electron chi connectivity index (χ3n) is 3.85. The molecule has 0 aromatic rings. The Morgan fingerprint density at radius 3 is 2.58 bits per heavy atom. The number of carbonyl (C=O) groups excluding carboxylic acids is 2. The van der Waals surface area contributed by atoms with E-state index in [1.165, 1.54) is 4.90 Å². The number of piperazine rings is 1. The predicted octanol–water partition coefficient (Wildman–Crippen LogP) is 0.000300. The molecule has 1 saturated heterocycles. The van der Waals surface area contributed by atoms with E-state index in [9.17, 15) is 19.5 Å². The Balaban J connectivity index is 2.15. The number of nitrogens with one attached hydrogen (secondary N) is 1. The molecule has 104 valence electrons. The molecule has 1 aliphatic heterocycles. The monoisotopic (exact) mass is 266 g/mol. The van der Waals surface area contributed by atoms with E-state index in [1.54, 1.807) is 13.0 Å². The zero-order chi connectivity index (χ0) is 14.0. The third-order valence-corrected chi connectivity index (χ3v) is 3.85. The summed E-state index contributed by atoms with van der Waals surface area (Å²) in [6, 6.07) is -0.526. The van der Waals surface area contributed by atoms with Crippen LogP contribution in [0.5, 0.6) is 0 Å². The van der Waals surface area contributed by atoms with Crippen molar-refractivity contribution in [2.75, 3.05) is 13.1 Å². The normalized spacial score (nSPS) is 30.9. The van der Waals surface area contributed by atoms with Crippen molar-refractivity contribution in [3.8, 4) is 0 Å². The number of aliphatic carboxylic acids is 1. The van der Waals surface area contributed by atoms with E-state index in [0.29, 0.717) is 25.9 Å². The van der Waals surface area contributed by atoms with E-state index < -0.39 is 23.8 Å². The van der Waals surface area contributed by atoms with Crippen molar-refractivity contribution in [2.45, 2.75) is 25.8 Å². The average Bonchev–Trinajstić information content (AvgIpc) is 2.41. The van der Waals surface area contributed by atoms with Crippen LogP contribution in [-0.2, 0) is 14.4 Å². The van der Waals surface area contributed by atoms with E-state index in [1.807, 2.05) is 6.08 Å². The highest BCUT2D eigenvalue weighted by molar-refractivity contribution is 5.91. The van der Waals surface area contributed by atoms with Gasteiger partial charge in [-0.1, -0.05) is 12.2 Å². The summed E-state index contributed by atoms with van der Waals surface area (Å²) in [5.41, 5.74) is 0. The van der Waals surface area contributed by atoms with Crippen LogP contribution in [0.25, 0.3) is 0 Å². The van der Waals surface area contributed by atoms with Crippen molar-refractivity contribution in [2.24, 2.45) is 11.8 Å². The Morgan fingerprint density at radius 1 is 1.32 bits per heavy atom. The Hall–Kier alpha value is -1.85. The maximum absolute atomic E-state index is 12.5. The minimum absolute atomic E-state index is 0.183. The van der Waals surface area contributed by atoms with Crippen molar-refractivity contribution in [1.82, 2.24) is 10.2 Å². The Labute approximate surface area is 111 Å². The number of hydrogen-bond donors (Lipinski definition) is 2. The van der Waals surface area contributed by atoms with Crippen LogP contribution < -0.4 is 5.32 Å². The molecular weight excluding hydrogens is 248 g/mol. The first-order valence-corrected chi connectivity index (χ1v) is 6.48. The molecule has 0 bridgehead atoms. The lowest BCUT2D eigenvalue weighted by Crippen LogP contribution is -2.58. The van der Waals surface area contributed by atoms with Crippen molar-refractivity contribution < 1.29 is 19.5 Å². The molecular formula is C13H18N2O4. The molecule has 6 nitrogen and oxygen atoms in total. The zero-order valence-electron chi connectivity index (χ0n) is 10.8. The number of nitrogens with zero attached hydrogens (tertiary/aromatic N) is 1. The fourth-order valence-corrected chi connectivity index (χ4v) is 2.66. The first kappa shape index (κ1) is 13.6. The minimum atomic E-state index is -0.947. The van der Waals surface area contributed by atoms with Gasteiger partial charge < -0.3 is 15.3 Å². The lowest BCUT2D eigenvalue weighted by Gasteiger charge is -2.37. The van der Waals surface area contributed by atoms with E-state index in [2.05, 4.69) is 5.32 Å². The van der Waals surface area contributed by atoms with Gasteiger partial charge in [0.05, 0.1) is 11.8 Å². The van der Waals surface area contributed by atoms with Crippen LogP contribution in [0.4, 0.5) is 0 Å². The standard InChI is InChI=1S/C13H18N2O4/c1-8-11(16)14-6-7-15(8)12(17)9-4-2-3-5-10(9)13(18)19/h2-3,8-10H,4-7H2,1H3,(H,14,16)(H,18,19)/t8?,9-,10+/m1/s1. The van der Waals surface area contributed by atoms with Gasteiger partial charge in [-0.25, -0.2) is 0 Å². The van der Waals surface area contributed by atoms with Gasteiger partial charge in [-0.05, 0) is 19.8 Å². The summed E-state index contributed by atoms with van der Waals surface area (Å²) in [6.45, 7) is 2.54. The number of carbonyl (C=O) groups is 3. The number of hydrogen-bond acceptors (Lipinski definition) is 3.